The summed E-state index contributed by atoms with van der Waals surface area (Å²) >= 11 is 3.52. The van der Waals surface area contributed by atoms with Crippen LogP contribution in [0.1, 0.15) is 31.6 Å². The molecule has 0 bridgehead atoms. The first kappa shape index (κ1) is 20.2. The van der Waals surface area contributed by atoms with E-state index in [4.69, 9.17) is 9.15 Å². The van der Waals surface area contributed by atoms with Gasteiger partial charge < -0.3 is 14.5 Å². The molecular weight excluding hydrogens is 378 g/mol. The van der Waals surface area contributed by atoms with Gasteiger partial charge in [-0.1, -0.05) is 22.0 Å². The number of benzene rings is 1. The van der Waals surface area contributed by atoms with Crippen molar-refractivity contribution < 1.29 is 9.15 Å². The average molecular weight is 403 g/mol. The third-order valence-electron chi connectivity index (χ3n) is 3.35. The summed E-state index contributed by atoms with van der Waals surface area (Å²) in [5.41, 5.74) is 2.32. The Morgan fingerprint density at radius 1 is 1.22 bits per heavy atom. The average Bonchev–Trinajstić information content (AvgIpc) is 2.94. The number of furan rings is 1. The Balaban J connectivity index is 0.00000264. The molecule has 0 unspecified atom stereocenters. The molecule has 128 valence electrons. The van der Waals surface area contributed by atoms with Crippen molar-refractivity contribution in [2.45, 2.75) is 39.8 Å². The molecule has 2 aromatic rings. The van der Waals surface area contributed by atoms with Gasteiger partial charge in [-0.15, -0.1) is 12.4 Å². The van der Waals surface area contributed by atoms with Gasteiger partial charge in [0, 0.05) is 16.6 Å². The highest BCUT2D eigenvalue weighted by atomic mass is 79.9. The van der Waals surface area contributed by atoms with Gasteiger partial charge in [0.25, 0.3) is 0 Å². The van der Waals surface area contributed by atoms with E-state index < -0.39 is 0 Å². The quantitative estimate of drug-likeness (QED) is 0.605. The van der Waals surface area contributed by atoms with E-state index in [0.717, 1.165) is 47.7 Å². The number of aryl methyl sites for hydroxylation is 1. The van der Waals surface area contributed by atoms with Crippen molar-refractivity contribution in [2.75, 3.05) is 13.2 Å². The molecule has 0 saturated heterocycles. The molecular formula is C18H25BrClNO2. The second kappa shape index (κ2) is 10.1. The summed E-state index contributed by atoms with van der Waals surface area (Å²) in [5.74, 6) is 1.87. The van der Waals surface area contributed by atoms with Gasteiger partial charge in [0.1, 0.15) is 11.5 Å². The summed E-state index contributed by atoms with van der Waals surface area (Å²) in [6.45, 7) is 8.67. The van der Waals surface area contributed by atoms with Crippen LogP contribution in [0.3, 0.4) is 0 Å². The number of hydrogen-bond acceptors (Lipinski definition) is 3. The predicted molar refractivity (Wildman–Crippen MR) is 101 cm³/mol. The summed E-state index contributed by atoms with van der Waals surface area (Å²) in [6.07, 6.45) is 1.32. The highest BCUT2D eigenvalue weighted by Crippen LogP contribution is 2.26. The van der Waals surface area contributed by atoms with E-state index in [2.05, 4.69) is 60.2 Å². The van der Waals surface area contributed by atoms with Crippen molar-refractivity contribution in [2.24, 2.45) is 0 Å². The molecule has 5 heteroatoms. The molecule has 1 N–H and O–H groups in total. The molecule has 1 aromatic heterocycles. The van der Waals surface area contributed by atoms with E-state index in [0.29, 0.717) is 6.10 Å². The first-order valence-electron chi connectivity index (χ1n) is 7.74. The van der Waals surface area contributed by atoms with Crippen LogP contribution in [0, 0.1) is 6.92 Å². The normalized spacial score (nSPS) is 10.8. The number of halogens is 2. The smallest absolute Gasteiger partial charge is 0.134 e. The van der Waals surface area contributed by atoms with Gasteiger partial charge in [0.2, 0.25) is 0 Å². The van der Waals surface area contributed by atoms with Crippen molar-refractivity contribution in [1.82, 2.24) is 5.32 Å². The Hall–Kier alpha value is -0.810. The van der Waals surface area contributed by atoms with Crippen LogP contribution in [0.15, 0.2) is 39.2 Å². The van der Waals surface area contributed by atoms with E-state index in [-0.39, 0.29) is 12.4 Å². The largest absolute Gasteiger partial charge is 0.460 e. The molecule has 0 radical (unpaired) electrons. The molecule has 3 nitrogen and oxygen atoms in total. The van der Waals surface area contributed by atoms with Crippen LogP contribution in [0.2, 0.25) is 0 Å². The predicted octanol–water partition coefficient (Wildman–Crippen LogP) is 5.34. The Bertz CT molecular complexity index is 598. The molecule has 1 heterocycles. The summed E-state index contributed by atoms with van der Waals surface area (Å²) in [6, 6.07) is 10.3. The minimum atomic E-state index is 0. The fraction of sp³-hybridized carbons (Fsp3) is 0.444. The van der Waals surface area contributed by atoms with Crippen LogP contribution in [-0.2, 0) is 11.3 Å². The summed E-state index contributed by atoms with van der Waals surface area (Å²) in [4.78, 5) is 0. The molecule has 0 aliphatic carbocycles. The third kappa shape index (κ3) is 6.68. The third-order valence-corrected chi connectivity index (χ3v) is 4.24. The van der Waals surface area contributed by atoms with Crippen molar-refractivity contribution in [3.63, 3.8) is 0 Å². The number of hydrogen-bond donors (Lipinski definition) is 1. The molecule has 0 amide bonds. The van der Waals surface area contributed by atoms with Gasteiger partial charge in [0.15, 0.2) is 0 Å². The first-order valence-corrected chi connectivity index (χ1v) is 8.53. The highest BCUT2D eigenvalue weighted by Gasteiger charge is 2.06. The zero-order valence-electron chi connectivity index (χ0n) is 13.9. The molecule has 23 heavy (non-hydrogen) atoms. The van der Waals surface area contributed by atoms with Gasteiger partial charge >= 0.3 is 0 Å². The van der Waals surface area contributed by atoms with E-state index in [1.165, 1.54) is 5.56 Å². The zero-order chi connectivity index (χ0) is 15.9. The molecule has 2 rings (SSSR count). The highest BCUT2D eigenvalue weighted by molar-refractivity contribution is 9.10. The fourth-order valence-electron chi connectivity index (χ4n) is 2.15. The number of ether oxygens (including phenoxy) is 1. The maximum atomic E-state index is 5.90. The van der Waals surface area contributed by atoms with E-state index >= 15 is 0 Å². The topological polar surface area (TPSA) is 34.4 Å². The van der Waals surface area contributed by atoms with Crippen molar-refractivity contribution in [3.8, 4) is 11.3 Å². The maximum Gasteiger partial charge on any atom is 0.134 e. The molecule has 0 fully saturated rings. The fourth-order valence-corrected chi connectivity index (χ4v) is 2.40. The molecule has 0 saturated carbocycles. The molecule has 0 spiro atoms. The van der Waals surface area contributed by atoms with Crippen molar-refractivity contribution in [3.05, 3.63) is 46.1 Å². The number of rotatable bonds is 8. The van der Waals surface area contributed by atoms with E-state index in [1.807, 2.05) is 12.1 Å². The van der Waals surface area contributed by atoms with E-state index in [1.54, 1.807) is 0 Å². The van der Waals surface area contributed by atoms with E-state index in [9.17, 15) is 0 Å². The Morgan fingerprint density at radius 2 is 2.00 bits per heavy atom. The second-order valence-electron chi connectivity index (χ2n) is 5.68. The monoisotopic (exact) mass is 401 g/mol. The Kier molecular flexibility index (Phi) is 8.92. The van der Waals surface area contributed by atoms with Crippen LogP contribution in [-0.4, -0.2) is 19.3 Å². The van der Waals surface area contributed by atoms with Gasteiger partial charge in [-0.25, -0.2) is 0 Å². The summed E-state index contributed by atoms with van der Waals surface area (Å²) in [5, 5.41) is 3.38. The molecule has 0 aliphatic heterocycles. The van der Waals surface area contributed by atoms with Gasteiger partial charge in [-0.2, -0.15) is 0 Å². The molecule has 0 aliphatic rings. The van der Waals surface area contributed by atoms with Crippen LogP contribution >= 0.6 is 28.3 Å². The minimum Gasteiger partial charge on any atom is -0.460 e. The SMILES string of the molecule is Cc1cc(-c2ccc(CNCCCOC(C)C)o2)ccc1Br.Cl. The zero-order valence-corrected chi connectivity index (χ0v) is 16.3. The first-order chi connectivity index (χ1) is 10.6. The van der Waals surface area contributed by atoms with Crippen LogP contribution in [0.25, 0.3) is 11.3 Å². The minimum absolute atomic E-state index is 0. The lowest BCUT2D eigenvalue weighted by atomic mass is 10.1. The lowest BCUT2D eigenvalue weighted by Crippen LogP contribution is -2.17. The van der Waals surface area contributed by atoms with Crippen LogP contribution in [0.4, 0.5) is 0 Å². The number of nitrogens with one attached hydrogen (secondary N) is 1. The van der Waals surface area contributed by atoms with Crippen molar-refractivity contribution in [1.29, 1.82) is 0 Å². The van der Waals surface area contributed by atoms with Gasteiger partial charge in [0.05, 0.1) is 12.6 Å². The second-order valence-corrected chi connectivity index (χ2v) is 6.53. The molecule has 0 atom stereocenters. The van der Waals surface area contributed by atoms with Crippen LogP contribution in [0.5, 0.6) is 0 Å². The van der Waals surface area contributed by atoms with Gasteiger partial charge in [-0.05, 0) is 63.6 Å². The Labute approximate surface area is 153 Å². The standard InChI is InChI=1S/C18H24BrNO2.ClH/c1-13(2)21-10-4-9-20-12-16-6-8-18(22-16)15-5-7-17(19)14(3)11-15;/h5-8,11,13,20H,4,9-10,12H2,1-3H3;1H. The Morgan fingerprint density at radius 3 is 2.70 bits per heavy atom. The van der Waals surface area contributed by atoms with Crippen LogP contribution < -0.4 is 5.32 Å². The summed E-state index contributed by atoms with van der Waals surface area (Å²) < 4.78 is 12.5. The lowest BCUT2D eigenvalue weighted by molar-refractivity contribution is 0.0770. The van der Waals surface area contributed by atoms with Crippen molar-refractivity contribution >= 4 is 28.3 Å². The summed E-state index contributed by atoms with van der Waals surface area (Å²) in [7, 11) is 0. The lowest BCUT2D eigenvalue weighted by Gasteiger charge is -2.07. The van der Waals surface area contributed by atoms with Gasteiger partial charge in [-0.3, -0.25) is 0 Å². The maximum absolute atomic E-state index is 5.90. The molecule has 1 aromatic carbocycles.